The standard InChI is InChI=1S/C21H27N2.C9H7NO2.2ClH.Ru/c1-14-9-16(3)20(17(4)10-14)22-7-8-23(13-22)21-18(5)11-15(2)12-19(21)6;1-7-4-2-3-5-8(7)10-6-9(11)12;;;/h9-13H,7-8H2,1-6H3;1-6H,(H,11,12);2*1H;/q-1;;;;+2/p-2. The van der Waals surface area contributed by atoms with Gasteiger partial charge in [0.2, 0.25) is 0 Å². The van der Waals surface area contributed by atoms with Gasteiger partial charge in [-0.05, 0) is 63.8 Å². The van der Waals surface area contributed by atoms with Gasteiger partial charge < -0.3 is 9.80 Å². The summed E-state index contributed by atoms with van der Waals surface area (Å²) in [5.74, 6) is -1.09. The molecule has 1 heterocycles. The molecule has 8 heteroatoms. The fraction of sp³-hybridized carbons (Fsp3) is 0.267. The van der Waals surface area contributed by atoms with Crippen molar-refractivity contribution in [2.24, 2.45) is 4.99 Å². The summed E-state index contributed by atoms with van der Waals surface area (Å²) in [6, 6.07) is 16.2. The molecule has 204 valence electrons. The van der Waals surface area contributed by atoms with Gasteiger partial charge in [0, 0.05) is 24.5 Å². The number of anilines is 2. The van der Waals surface area contributed by atoms with Crippen LogP contribution in [-0.2, 0) is 18.3 Å². The molecule has 1 aliphatic heterocycles. The summed E-state index contributed by atoms with van der Waals surface area (Å²) in [5, 5.41) is 8.44. The minimum atomic E-state index is -1.92. The molecule has 0 radical (unpaired) electrons. The zero-order valence-electron chi connectivity index (χ0n) is 22.6. The Bertz CT molecular complexity index is 1270. The first-order chi connectivity index (χ1) is 18.0. The number of hydrogen-bond donors (Lipinski definition) is 1. The Labute approximate surface area is 239 Å². The first-order valence-electron chi connectivity index (χ1n) is 12.2. The van der Waals surface area contributed by atoms with Crippen molar-refractivity contribution < 1.29 is 23.4 Å². The Kier molecular flexibility index (Phi) is 10.7. The van der Waals surface area contributed by atoms with E-state index in [9.17, 15) is 4.79 Å². The van der Waals surface area contributed by atoms with Gasteiger partial charge in [0.05, 0.1) is 0 Å². The van der Waals surface area contributed by atoms with Gasteiger partial charge in [0.25, 0.3) is 0 Å². The molecular weight excluding hydrogens is 606 g/mol. The van der Waals surface area contributed by atoms with Crippen molar-refractivity contribution in [2.45, 2.75) is 41.5 Å². The van der Waals surface area contributed by atoms with E-state index in [1.54, 1.807) is 22.8 Å². The fourth-order valence-corrected chi connectivity index (χ4v) is 6.80. The van der Waals surface area contributed by atoms with Crippen LogP contribution in [0.15, 0.2) is 53.5 Å². The third kappa shape index (κ3) is 7.99. The Morgan fingerprint density at radius 1 is 0.868 bits per heavy atom. The van der Waals surface area contributed by atoms with E-state index in [1.807, 2.05) is 6.07 Å². The monoisotopic (exact) mass is 640 g/mol. The van der Waals surface area contributed by atoms with Crippen molar-refractivity contribution in [3.63, 3.8) is 0 Å². The number of hydrogen-bond acceptors (Lipinski definition) is 4. The van der Waals surface area contributed by atoms with Crippen LogP contribution in [0.5, 0.6) is 0 Å². The second-order valence-electron chi connectivity index (χ2n) is 9.46. The van der Waals surface area contributed by atoms with Crippen LogP contribution >= 0.6 is 19.4 Å². The molecule has 3 aromatic rings. The van der Waals surface area contributed by atoms with Crippen LogP contribution in [-0.4, -0.2) is 35.0 Å². The molecule has 1 fully saturated rings. The van der Waals surface area contributed by atoms with Gasteiger partial charge in [-0.1, -0.05) is 35.4 Å². The molecule has 38 heavy (non-hydrogen) atoms. The summed E-state index contributed by atoms with van der Waals surface area (Å²) >= 11 is -1.92. The molecule has 0 atom stereocenters. The summed E-state index contributed by atoms with van der Waals surface area (Å²) in [6.45, 7) is 17.6. The predicted octanol–water partition coefficient (Wildman–Crippen LogP) is 7.53. The molecule has 0 amide bonds. The van der Waals surface area contributed by atoms with E-state index in [0.29, 0.717) is 5.69 Å². The van der Waals surface area contributed by atoms with Gasteiger partial charge in [-0.25, -0.2) is 0 Å². The van der Waals surface area contributed by atoms with Gasteiger partial charge in [-0.15, -0.1) is 0 Å². The van der Waals surface area contributed by atoms with Crippen molar-refractivity contribution in [1.82, 2.24) is 0 Å². The number of carboxylic acids is 1. The van der Waals surface area contributed by atoms with Crippen molar-refractivity contribution in [3.05, 3.63) is 94.1 Å². The van der Waals surface area contributed by atoms with E-state index >= 15 is 0 Å². The zero-order valence-corrected chi connectivity index (χ0v) is 25.8. The zero-order chi connectivity index (χ0) is 28.0. The Balaban J connectivity index is 0.000000232. The van der Waals surface area contributed by atoms with E-state index in [-0.39, 0.29) is 0 Å². The van der Waals surface area contributed by atoms with Crippen LogP contribution in [0.1, 0.15) is 38.9 Å². The summed E-state index contributed by atoms with van der Waals surface area (Å²) in [4.78, 5) is 18.9. The maximum absolute atomic E-state index is 10.3. The van der Waals surface area contributed by atoms with Crippen LogP contribution in [0, 0.1) is 48.2 Å². The minimum absolute atomic E-state index is 0.555. The van der Waals surface area contributed by atoms with E-state index in [4.69, 9.17) is 24.5 Å². The van der Waals surface area contributed by atoms with Gasteiger partial charge in [-0.2, -0.15) is 6.67 Å². The number of carboxylic acid groups (broad SMARTS) is 1. The van der Waals surface area contributed by atoms with Crippen LogP contribution in [0.25, 0.3) is 0 Å². The molecule has 5 nitrogen and oxygen atoms in total. The molecule has 0 aromatic heterocycles. The number of aliphatic carboxylic acids is 1. The summed E-state index contributed by atoms with van der Waals surface area (Å²) in [7, 11) is 11.5. The number of rotatable bonds is 5. The van der Waals surface area contributed by atoms with Gasteiger partial charge in [0.1, 0.15) is 0 Å². The maximum atomic E-state index is 10.3. The molecule has 1 saturated heterocycles. The first-order valence-corrected chi connectivity index (χ1v) is 17.7. The van der Waals surface area contributed by atoms with Crippen LogP contribution in [0.4, 0.5) is 17.1 Å². The Hall–Kier alpha value is -2.53. The number of aliphatic imine (C=N–C) groups is 1. The van der Waals surface area contributed by atoms with Gasteiger partial charge in [0.15, 0.2) is 0 Å². The van der Waals surface area contributed by atoms with E-state index in [0.717, 1.165) is 24.9 Å². The third-order valence-corrected chi connectivity index (χ3v) is 7.98. The Morgan fingerprint density at radius 3 is 1.74 bits per heavy atom. The first kappa shape index (κ1) is 30.0. The second kappa shape index (κ2) is 13.5. The number of aryl methyl sites for hydroxylation is 6. The topological polar surface area (TPSA) is 56.1 Å². The summed E-state index contributed by atoms with van der Waals surface area (Å²) in [6.07, 6.45) is 0.839. The third-order valence-electron chi connectivity index (χ3n) is 6.14. The molecule has 1 N–H and O–H groups in total. The van der Waals surface area contributed by atoms with E-state index < -0.39 is 19.5 Å². The Morgan fingerprint density at radius 2 is 1.32 bits per heavy atom. The number of carbonyl (C=O) groups is 1. The van der Waals surface area contributed by atoms with Gasteiger partial charge in [-0.3, -0.25) is 0 Å². The fourth-order valence-electron chi connectivity index (χ4n) is 4.99. The number of halogens is 2. The molecule has 4 rings (SSSR count). The van der Waals surface area contributed by atoms with Crippen LogP contribution in [0.2, 0.25) is 0 Å². The average molecular weight is 641 g/mol. The molecule has 3 aromatic carbocycles. The van der Waals surface area contributed by atoms with Crippen molar-refractivity contribution in [2.75, 3.05) is 22.9 Å². The normalized spacial score (nSPS) is 13.4. The summed E-state index contributed by atoms with van der Waals surface area (Å²) in [5.41, 5.74) is 12.2. The SMILES string of the molecule is Cc1cc(C)c(N2[CH-]N(c3c(C)cc(C)cc3C)CC2)c(C)c1.O=C(O)C=Nc1ccccc1[CH]=[Ru]([Cl])[Cl]. The second-order valence-corrected chi connectivity index (χ2v) is 15.2. The molecule has 0 unspecified atom stereocenters. The summed E-state index contributed by atoms with van der Waals surface area (Å²) < 4.78 is 1.72. The molecular formula is C30H34Cl2N3O2Ru-. The number of nitrogens with zero attached hydrogens (tertiary/aromatic N) is 3. The van der Waals surface area contributed by atoms with Crippen LogP contribution in [0.3, 0.4) is 0 Å². The quantitative estimate of drug-likeness (QED) is 0.178. The van der Waals surface area contributed by atoms with Gasteiger partial charge >= 0.3 is 100 Å². The molecule has 1 aliphatic rings. The molecule has 0 aliphatic carbocycles. The molecule has 0 saturated carbocycles. The number of para-hydroxylation sites is 1. The van der Waals surface area contributed by atoms with Crippen molar-refractivity contribution in [3.8, 4) is 0 Å². The van der Waals surface area contributed by atoms with E-state index in [1.165, 1.54) is 44.8 Å². The van der Waals surface area contributed by atoms with Crippen LogP contribution < -0.4 is 9.80 Å². The molecule has 0 bridgehead atoms. The predicted molar refractivity (Wildman–Crippen MR) is 159 cm³/mol. The van der Waals surface area contributed by atoms with E-state index in [2.05, 4.69) is 87.3 Å². The van der Waals surface area contributed by atoms with Crippen molar-refractivity contribution >= 4 is 53.2 Å². The molecule has 0 spiro atoms. The number of benzene rings is 3. The average Bonchev–Trinajstić information content (AvgIpc) is 3.26. The van der Waals surface area contributed by atoms with Crippen molar-refractivity contribution in [1.29, 1.82) is 0 Å².